The van der Waals surface area contributed by atoms with Crippen LogP contribution in [0.2, 0.25) is 0 Å². The van der Waals surface area contributed by atoms with E-state index in [0.29, 0.717) is 29.1 Å². The van der Waals surface area contributed by atoms with Crippen LogP contribution in [-0.4, -0.2) is 31.8 Å². The molecule has 0 atom stereocenters. The average molecular weight is 482 g/mol. The number of phenolic OH excluding ortho intramolecular Hbond substituents is 1. The fraction of sp³-hybridized carbons (Fsp3) is 0.214. The Morgan fingerprint density at radius 2 is 1.92 bits per heavy atom. The lowest BCUT2D eigenvalue weighted by atomic mass is 9.82. The molecule has 8 heteroatoms. The fourth-order valence-corrected chi connectivity index (χ4v) is 4.26. The number of nitrogens with one attached hydrogen (secondary N) is 2. The number of carbonyl (C=O) groups excluding carboxylic acids is 2. The number of nitrogens with zero attached hydrogens (tertiary/aromatic N) is 3. The lowest BCUT2D eigenvalue weighted by Gasteiger charge is -2.25. The molecule has 36 heavy (non-hydrogen) atoms. The van der Waals surface area contributed by atoms with E-state index in [9.17, 15) is 14.7 Å². The van der Waals surface area contributed by atoms with E-state index in [0.717, 1.165) is 36.1 Å². The number of benzene rings is 2. The highest BCUT2D eigenvalue weighted by Gasteiger charge is 2.27. The fourth-order valence-electron chi connectivity index (χ4n) is 4.26. The molecule has 4 aromatic rings. The zero-order valence-electron chi connectivity index (χ0n) is 19.9. The molecule has 0 spiro atoms. The zero-order valence-corrected chi connectivity index (χ0v) is 19.9. The Kier molecular flexibility index (Phi) is 6.49. The van der Waals surface area contributed by atoms with Crippen LogP contribution in [0.3, 0.4) is 0 Å². The molecule has 2 aromatic heterocycles. The van der Waals surface area contributed by atoms with Crippen LogP contribution in [0.15, 0.2) is 73.1 Å². The molecule has 8 nitrogen and oxygen atoms in total. The first-order valence-electron chi connectivity index (χ1n) is 12.0. The molecule has 5 rings (SSSR count). The zero-order chi connectivity index (χ0) is 25.1. The maximum atomic E-state index is 13.2. The molecule has 2 heterocycles. The number of hydrogen-bond donors (Lipinski definition) is 3. The predicted octanol–water partition coefficient (Wildman–Crippen LogP) is 5.24. The van der Waals surface area contributed by atoms with E-state index in [-0.39, 0.29) is 23.6 Å². The van der Waals surface area contributed by atoms with E-state index in [1.165, 1.54) is 16.9 Å². The van der Waals surface area contributed by atoms with Gasteiger partial charge < -0.3 is 15.7 Å². The quantitative estimate of drug-likeness (QED) is 0.327. The van der Waals surface area contributed by atoms with Gasteiger partial charge in [-0.15, -0.1) is 0 Å². The minimum Gasteiger partial charge on any atom is -0.507 e. The molecule has 1 aliphatic rings. The molecule has 2 aromatic carbocycles. The molecule has 3 N–H and O–H groups in total. The molecular weight excluding hydrogens is 454 g/mol. The van der Waals surface area contributed by atoms with Crippen LogP contribution < -0.4 is 10.6 Å². The van der Waals surface area contributed by atoms with E-state index < -0.39 is 0 Å². The molecule has 182 valence electrons. The third-order valence-electron chi connectivity index (χ3n) is 6.60. The predicted molar refractivity (Wildman–Crippen MR) is 137 cm³/mol. The lowest BCUT2D eigenvalue weighted by molar-refractivity contribution is 0.102. The summed E-state index contributed by atoms with van der Waals surface area (Å²) in [7, 11) is 0. The van der Waals surface area contributed by atoms with Gasteiger partial charge in [0.1, 0.15) is 5.75 Å². The summed E-state index contributed by atoms with van der Waals surface area (Å²) in [5.74, 6) is -0.0541. The van der Waals surface area contributed by atoms with Crippen molar-refractivity contribution < 1.29 is 14.7 Å². The van der Waals surface area contributed by atoms with Gasteiger partial charge in [-0.3, -0.25) is 9.78 Å². The number of phenols is 1. The molecule has 1 fully saturated rings. The Bertz CT molecular complexity index is 1410. The van der Waals surface area contributed by atoms with Crippen LogP contribution in [0.25, 0.3) is 11.3 Å². The van der Waals surface area contributed by atoms with Crippen LogP contribution in [0.5, 0.6) is 5.75 Å². The number of rotatable bonds is 6. The van der Waals surface area contributed by atoms with Gasteiger partial charge in [0.2, 0.25) is 0 Å². The summed E-state index contributed by atoms with van der Waals surface area (Å²) < 4.78 is 1.41. The highest BCUT2D eigenvalue weighted by atomic mass is 16.3. The molecule has 0 bridgehead atoms. The van der Waals surface area contributed by atoms with Crippen molar-refractivity contribution in [3.05, 3.63) is 95.4 Å². The first kappa shape index (κ1) is 23.3. The second kappa shape index (κ2) is 10.0. The van der Waals surface area contributed by atoms with Gasteiger partial charge in [0.25, 0.3) is 5.91 Å². The topological polar surface area (TPSA) is 109 Å². The van der Waals surface area contributed by atoms with Gasteiger partial charge in [0, 0.05) is 36.1 Å². The third kappa shape index (κ3) is 4.84. The molecule has 0 saturated heterocycles. The SMILES string of the molecule is Cc1ccccc1CNC(=O)n1nc(-c2cc(NC(=O)c3cccnc3)ccc2O)cc1C1CCC1. The van der Waals surface area contributed by atoms with Crippen molar-refractivity contribution in [2.24, 2.45) is 0 Å². The summed E-state index contributed by atoms with van der Waals surface area (Å²) in [6, 6.07) is 17.6. The second-order valence-electron chi connectivity index (χ2n) is 9.01. The standard InChI is InChI=1S/C28H27N5O3/c1-18-6-2-3-7-20(18)17-30-28(36)33-25(19-8-4-9-19)15-24(32-33)23-14-22(11-12-26(23)34)31-27(35)21-10-5-13-29-16-21/h2-3,5-7,10-16,19,34H,4,8-9,17H2,1H3,(H,30,36)(H,31,35). The molecule has 1 aliphatic carbocycles. The number of aromatic hydroxyl groups is 1. The minimum atomic E-state index is -0.313. The van der Waals surface area contributed by atoms with E-state index in [1.54, 1.807) is 30.5 Å². The Balaban J connectivity index is 1.41. The summed E-state index contributed by atoms with van der Waals surface area (Å²) in [5.41, 5.74) is 4.80. The van der Waals surface area contributed by atoms with Crippen molar-refractivity contribution in [3.63, 3.8) is 0 Å². The van der Waals surface area contributed by atoms with Gasteiger partial charge in [0.15, 0.2) is 0 Å². The first-order valence-corrected chi connectivity index (χ1v) is 12.0. The van der Waals surface area contributed by atoms with Crippen molar-refractivity contribution in [1.29, 1.82) is 0 Å². The Hall–Kier alpha value is -4.46. The Labute approximate surface area is 209 Å². The normalized spacial score (nSPS) is 13.1. The van der Waals surface area contributed by atoms with E-state index in [2.05, 4.69) is 20.7 Å². The van der Waals surface area contributed by atoms with Crippen molar-refractivity contribution in [2.45, 2.75) is 38.6 Å². The van der Waals surface area contributed by atoms with Crippen LogP contribution in [0, 0.1) is 6.92 Å². The lowest BCUT2D eigenvalue weighted by Crippen LogP contribution is -2.31. The second-order valence-corrected chi connectivity index (χ2v) is 9.01. The Morgan fingerprint density at radius 1 is 1.08 bits per heavy atom. The third-order valence-corrected chi connectivity index (χ3v) is 6.60. The van der Waals surface area contributed by atoms with Gasteiger partial charge in [-0.25, -0.2) is 4.79 Å². The summed E-state index contributed by atoms with van der Waals surface area (Å²) in [6.45, 7) is 2.40. The largest absolute Gasteiger partial charge is 0.507 e. The number of hydrogen-bond acceptors (Lipinski definition) is 5. The van der Waals surface area contributed by atoms with E-state index >= 15 is 0 Å². The van der Waals surface area contributed by atoms with Gasteiger partial charge in [0.05, 0.1) is 17.0 Å². The van der Waals surface area contributed by atoms with Gasteiger partial charge in [-0.05, 0) is 67.3 Å². The molecule has 0 unspecified atom stereocenters. The maximum absolute atomic E-state index is 13.2. The molecule has 0 radical (unpaired) electrons. The summed E-state index contributed by atoms with van der Waals surface area (Å²) >= 11 is 0. The number of pyridine rings is 1. The highest BCUT2D eigenvalue weighted by molar-refractivity contribution is 6.04. The number of anilines is 1. The summed E-state index contributed by atoms with van der Waals surface area (Å²) in [5, 5.41) is 21.0. The summed E-state index contributed by atoms with van der Waals surface area (Å²) in [6.07, 6.45) is 6.17. The molecule has 1 saturated carbocycles. The molecule has 0 aliphatic heterocycles. The van der Waals surface area contributed by atoms with Crippen molar-refractivity contribution in [3.8, 4) is 17.0 Å². The number of aryl methyl sites for hydroxylation is 1. The van der Waals surface area contributed by atoms with Crippen molar-refractivity contribution in [2.75, 3.05) is 5.32 Å². The van der Waals surface area contributed by atoms with Crippen molar-refractivity contribution >= 4 is 17.6 Å². The van der Waals surface area contributed by atoms with Crippen LogP contribution in [0.4, 0.5) is 10.5 Å². The average Bonchev–Trinajstić information content (AvgIpc) is 3.28. The molecular formula is C28H27N5O3. The monoisotopic (exact) mass is 481 g/mol. The minimum absolute atomic E-state index is 0.0134. The van der Waals surface area contributed by atoms with E-state index in [1.807, 2.05) is 37.3 Å². The van der Waals surface area contributed by atoms with Gasteiger partial charge >= 0.3 is 6.03 Å². The number of carbonyl (C=O) groups is 2. The smallest absolute Gasteiger partial charge is 0.342 e. The Morgan fingerprint density at radius 3 is 2.64 bits per heavy atom. The number of amides is 2. The summed E-state index contributed by atoms with van der Waals surface area (Å²) in [4.78, 5) is 29.7. The van der Waals surface area contributed by atoms with Gasteiger partial charge in [-0.2, -0.15) is 9.78 Å². The van der Waals surface area contributed by atoms with Crippen LogP contribution in [-0.2, 0) is 6.54 Å². The van der Waals surface area contributed by atoms with Crippen LogP contribution in [0.1, 0.15) is 52.4 Å². The molecule has 2 amide bonds. The van der Waals surface area contributed by atoms with Crippen LogP contribution >= 0.6 is 0 Å². The highest BCUT2D eigenvalue weighted by Crippen LogP contribution is 2.39. The maximum Gasteiger partial charge on any atom is 0.342 e. The van der Waals surface area contributed by atoms with Crippen molar-refractivity contribution in [1.82, 2.24) is 20.1 Å². The number of aromatic nitrogens is 3. The first-order chi connectivity index (χ1) is 17.5. The van der Waals surface area contributed by atoms with Gasteiger partial charge in [-0.1, -0.05) is 30.7 Å². The van der Waals surface area contributed by atoms with E-state index in [4.69, 9.17) is 0 Å².